The zero-order chi connectivity index (χ0) is 14.4. The lowest BCUT2D eigenvalue weighted by Crippen LogP contribution is -2.28. The monoisotopic (exact) mass is 278 g/mol. The molecule has 0 aliphatic heterocycles. The standard InChI is InChI=1S/C16H23FN2O/c1-2-10-18-15-13(7-4-8-14(15)17)16(20)19-11-9-12-5-3-6-12/h4,7-8,12,18H,2-3,5-6,9-11H2,1H3,(H,19,20). The zero-order valence-electron chi connectivity index (χ0n) is 12.0. The molecule has 1 aromatic rings. The third-order valence-corrected chi connectivity index (χ3v) is 3.87. The van der Waals surface area contributed by atoms with Gasteiger partial charge in [-0.1, -0.05) is 32.3 Å². The van der Waals surface area contributed by atoms with Crippen LogP contribution in [0.5, 0.6) is 0 Å². The van der Waals surface area contributed by atoms with Gasteiger partial charge in [-0.3, -0.25) is 4.79 Å². The van der Waals surface area contributed by atoms with Gasteiger partial charge in [0.05, 0.1) is 11.3 Å². The Labute approximate surface area is 120 Å². The fourth-order valence-corrected chi connectivity index (χ4v) is 2.41. The second-order valence-electron chi connectivity index (χ2n) is 5.43. The van der Waals surface area contributed by atoms with Crippen LogP contribution in [0.4, 0.5) is 10.1 Å². The van der Waals surface area contributed by atoms with Crippen LogP contribution >= 0.6 is 0 Å². The van der Waals surface area contributed by atoms with Gasteiger partial charge in [-0.15, -0.1) is 0 Å². The van der Waals surface area contributed by atoms with Crippen molar-refractivity contribution in [2.45, 2.75) is 39.0 Å². The van der Waals surface area contributed by atoms with Gasteiger partial charge in [-0.05, 0) is 30.9 Å². The number of halogens is 1. The Hall–Kier alpha value is -1.58. The first-order valence-electron chi connectivity index (χ1n) is 7.53. The van der Waals surface area contributed by atoms with Gasteiger partial charge >= 0.3 is 0 Å². The van der Waals surface area contributed by atoms with Crippen molar-refractivity contribution in [3.05, 3.63) is 29.6 Å². The van der Waals surface area contributed by atoms with E-state index in [1.807, 2.05) is 6.92 Å². The van der Waals surface area contributed by atoms with Crippen LogP contribution in [-0.2, 0) is 0 Å². The van der Waals surface area contributed by atoms with E-state index >= 15 is 0 Å². The average Bonchev–Trinajstić information content (AvgIpc) is 2.39. The zero-order valence-corrected chi connectivity index (χ0v) is 12.0. The number of carbonyl (C=O) groups excluding carboxylic acids is 1. The first kappa shape index (κ1) is 14.8. The summed E-state index contributed by atoms with van der Waals surface area (Å²) in [4.78, 5) is 12.2. The topological polar surface area (TPSA) is 41.1 Å². The molecule has 1 aliphatic carbocycles. The predicted octanol–water partition coefficient (Wildman–Crippen LogP) is 3.57. The second-order valence-corrected chi connectivity index (χ2v) is 5.43. The normalized spacial score (nSPS) is 14.7. The van der Waals surface area contributed by atoms with E-state index in [2.05, 4.69) is 10.6 Å². The summed E-state index contributed by atoms with van der Waals surface area (Å²) in [7, 11) is 0. The summed E-state index contributed by atoms with van der Waals surface area (Å²) in [5.74, 6) is 0.202. The van der Waals surface area contributed by atoms with E-state index in [1.165, 1.54) is 25.3 Å². The molecule has 0 heterocycles. The van der Waals surface area contributed by atoms with E-state index in [4.69, 9.17) is 0 Å². The third kappa shape index (κ3) is 3.71. The van der Waals surface area contributed by atoms with Gasteiger partial charge in [-0.25, -0.2) is 4.39 Å². The first-order valence-corrected chi connectivity index (χ1v) is 7.53. The van der Waals surface area contributed by atoms with E-state index in [-0.39, 0.29) is 11.7 Å². The van der Waals surface area contributed by atoms with Gasteiger partial charge in [0.1, 0.15) is 5.82 Å². The van der Waals surface area contributed by atoms with Crippen molar-refractivity contribution in [3.63, 3.8) is 0 Å². The molecule has 0 aromatic heterocycles. The minimum atomic E-state index is -0.370. The summed E-state index contributed by atoms with van der Waals surface area (Å²) in [5, 5.41) is 5.89. The number of amides is 1. The minimum absolute atomic E-state index is 0.192. The molecule has 1 aromatic carbocycles. The smallest absolute Gasteiger partial charge is 0.253 e. The SMILES string of the molecule is CCCNc1c(F)cccc1C(=O)NCCC1CCC1. The summed E-state index contributed by atoms with van der Waals surface area (Å²) in [6.07, 6.45) is 5.78. The quantitative estimate of drug-likeness (QED) is 0.800. The maximum Gasteiger partial charge on any atom is 0.253 e. The van der Waals surface area contributed by atoms with Crippen molar-refractivity contribution in [2.24, 2.45) is 5.92 Å². The van der Waals surface area contributed by atoms with Crippen molar-refractivity contribution in [1.29, 1.82) is 0 Å². The molecule has 0 radical (unpaired) electrons. The molecule has 2 N–H and O–H groups in total. The highest BCUT2D eigenvalue weighted by Gasteiger charge is 2.18. The lowest BCUT2D eigenvalue weighted by Gasteiger charge is -2.25. The van der Waals surface area contributed by atoms with Crippen LogP contribution in [0.2, 0.25) is 0 Å². The average molecular weight is 278 g/mol. The lowest BCUT2D eigenvalue weighted by atomic mass is 9.83. The molecule has 1 amide bonds. The van der Waals surface area contributed by atoms with E-state index in [0.29, 0.717) is 24.3 Å². The molecule has 1 fully saturated rings. The molecular weight excluding hydrogens is 255 g/mol. The molecule has 0 atom stereocenters. The van der Waals surface area contributed by atoms with Crippen LogP contribution in [-0.4, -0.2) is 19.0 Å². The Morgan fingerprint density at radius 2 is 2.15 bits per heavy atom. The minimum Gasteiger partial charge on any atom is -0.382 e. The lowest BCUT2D eigenvalue weighted by molar-refractivity contribution is 0.0949. The molecule has 0 unspecified atom stereocenters. The van der Waals surface area contributed by atoms with Crippen molar-refractivity contribution in [2.75, 3.05) is 18.4 Å². The molecule has 1 aliphatic rings. The molecule has 0 bridgehead atoms. The summed E-state index contributed by atoms with van der Waals surface area (Å²) in [5.41, 5.74) is 0.711. The largest absolute Gasteiger partial charge is 0.382 e. The number of hydrogen-bond donors (Lipinski definition) is 2. The van der Waals surface area contributed by atoms with Crippen molar-refractivity contribution >= 4 is 11.6 Å². The van der Waals surface area contributed by atoms with Crippen molar-refractivity contribution in [1.82, 2.24) is 5.32 Å². The Balaban J connectivity index is 1.94. The summed E-state index contributed by atoms with van der Waals surface area (Å²) < 4.78 is 13.8. The Morgan fingerprint density at radius 3 is 2.80 bits per heavy atom. The van der Waals surface area contributed by atoms with Crippen LogP contribution < -0.4 is 10.6 Å². The molecular formula is C16H23FN2O. The van der Waals surface area contributed by atoms with Gasteiger partial charge in [0.25, 0.3) is 5.91 Å². The molecule has 0 saturated heterocycles. The van der Waals surface area contributed by atoms with E-state index < -0.39 is 0 Å². The predicted molar refractivity (Wildman–Crippen MR) is 79.5 cm³/mol. The second kappa shape index (κ2) is 7.27. The van der Waals surface area contributed by atoms with Crippen molar-refractivity contribution in [3.8, 4) is 0 Å². The maximum atomic E-state index is 13.8. The number of rotatable bonds is 7. The van der Waals surface area contributed by atoms with Gasteiger partial charge in [0.2, 0.25) is 0 Å². The third-order valence-electron chi connectivity index (χ3n) is 3.87. The van der Waals surface area contributed by atoms with Gasteiger partial charge in [-0.2, -0.15) is 0 Å². The van der Waals surface area contributed by atoms with E-state index in [1.54, 1.807) is 12.1 Å². The van der Waals surface area contributed by atoms with Crippen LogP contribution in [0.3, 0.4) is 0 Å². The van der Waals surface area contributed by atoms with Gasteiger partial charge in [0.15, 0.2) is 0 Å². The van der Waals surface area contributed by atoms with Crippen LogP contribution in [0.25, 0.3) is 0 Å². The molecule has 2 rings (SSSR count). The Morgan fingerprint density at radius 1 is 1.35 bits per heavy atom. The van der Waals surface area contributed by atoms with Crippen LogP contribution in [0, 0.1) is 11.7 Å². The molecule has 20 heavy (non-hydrogen) atoms. The fraction of sp³-hybridized carbons (Fsp3) is 0.562. The van der Waals surface area contributed by atoms with Gasteiger partial charge < -0.3 is 10.6 Å². The molecule has 3 nitrogen and oxygen atoms in total. The maximum absolute atomic E-state index is 13.8. The van der Waals surface area contributed by atoms with Gasteiger partial charge in [0, 0.05) is 13.1 Å². The highest BCUT2D eigenvalue weighted by Crippen LogP contribution is 2.28. The summed E-state index contributed by atoms with van der Waals surface area (Å²) in [6, 6.07) is 4.62. The highest BCUT2D eigenvalue weighted by atomic mass is 19.1. The van der Waals surface area contributed by atoms with E-state index in [0.717, 1.165) is 18.8 Å². The Kier molecular flexibility index (Phi) is 5.39. The molecule has 0 spiro atoms. The number of para-hydroxylation sites is 1. The highest BCUT2D eigenvalue weighted by molar-refractivity contribution is 5.99. The number of nitrogens with one attached hydrogen (secondary N) is 2. The summed E-state index contributed by atoms with van der Waals surface area (Å²) >= 11 is 0. The van der Waals surface area contributed by atoms with Crippen molar-refractivity contribution < 1.29 is 9.18 Å². The number of hydrogen-bond acceptors (Lipinski definition) is 2. The number of carbonyl (C=O) groups is 1. The number of anilines is 1. The Bertz CT molecular complexity index is 458. The molecule has 1 saturated carbocycles. The molecule has 110 valence electrons. The van der Waals surface area contributed by atoms with Crippen LogP contribution in [0.15, 0.2) is 18.2 Å². The van der Waals surface area contributed by atoms with Crippen LogP contribution in [0.1, 0.15) is 49.4 Å². The summed E-state index contributed by atoms with van der Waals surface area (Å²) in [6.45, 7) is 3.34. The number of benzene rings is 1. The molecule has 4 heteroatoms. The van der Waals surface area contributed by atoms with E-state index in [9.17, 15) is 9.18 Å². The first-order chi connectivity index (χ1) is 9.72. The fourth-order valence-electron chi connectivity index (χ4n) is 2.41.